The number of aromatic nitrogens is 1. The number of nitrogens with one attached hydrogen (secondary N) is 1. The SMILES string of the molecule is Cc1c(C(N)=O)cnc(N2CCCC(F)(F)CC2)c1C(=O)Nc1cccc(S(C)(=O)=NC(=O)O)c1. The molecule has 2 aromatic rings. The molecule has 0 spiro atoms. The fraction of sp³-hybridized carbons (Fsp3) is 0.364. The van der Waals surface area contributed by atoms with Crippen molar-refractivity contribution in [3.8, 4) is 0 Å². The van der Waals surface area contributed by atoms with Gasteiger partial charge in [-0.2, -0.15) is 0 Å². The average molecular weight is 510 g/mol. The molecule has 4 N–H and O–H groups in total. The minimum absolute atomic E-state index is 0.00429. The van der Waals surface area contributed by atoms with Crippen molar-refractivity contribution in [2.24, 2.45) is 10.1 Å². The summed E-state index contributed by atoms with van der Waals surface area (Å²) < 4.78 is 43.7. The van der Waals surface area contributed by atoms with Crippen LogP contribution >= 0.6 is 0 Å². The van der Waals surface area contributed by atoms with Crippen LogP contribution in [0.15, 0.2) is 39.7 Å². The standard InChI is InChI=1S/C22H25F2N5O5S/c1-13-16(18(25)30)12-26-19(29-9-4-7-22(23,24)8-10-29)17(13)20(31)27-14-5-3-6-15(11-14)35(2,34)28-21(32)33/h3,5-6,11-12H,4,7-10H2,1-2H3,(H2,25,30)(H,27,31)(H,32,33). The van der Waals surface area contributed by atoms with Gasteiger partial charge >= 0.3 is 6.09 Å². The van der Waals surface area contributed by atoms with E-state index in [0.29, 0.717) is 0 Å². The molecule has 188 valence electrons. The smallest absolute Gasteiger partial charge is 0.439 e. The lowest BCUT2D eigenvalue weighted by Gasteiger charge is -2.25. The van der Waals surface area contributed by atoms with E-state index in [4.69, 9.17) is 10.8 Å². The second-order valence-corrected chi connectivity index (χ2v) is 10.5. The van der Waals surface area contributed by atoms with Gasteiger partial charge in [0.25, 0.3) is 11.8 Å². The van der Waals surface area contributed by atoms with Crippen LogP contribution in [0.25, 0.3) is 0 Å². The summed E-state index contributed by atoms with van der Waals surface area (Å²) in [6.45, 7) is 1.70. The highest BCUT2D eigenvalue weighted by molar-refractivity contribution is 7.93. The van der Waals surface area contributed by atoms with E-state index in [9.17, 15) is 27.4 Å². The lowest BCUT2D eigenvalue weighted by molar-refractivity contribution is -0.0102. The Kier molecular flexibility index (Phi) is 7.38. The predicted molar refractivity (Wildman–Crippen MR) is 126 cm³/mol. The van der Waals surface area contributed by atoms with Crippen LogP contribution < -0.4 is 16.0 Å². The molecule has 1 saturated heterocycles. The Bertz CT molecular complexity index is 1310. The molecule has 0 saturated carbocycles. The van der Waals surface area contributed by atoms with Crippen molar-refractivity contribution in [1.82, 2.24) is 4.98 Å². The number of halogens is 2. The largest absolute Gasteiger partial charge is 0.463 e. The van der Waals surface area contributed by atoms with Crippen molar-refractivity contribution in [2.75, 3.05) is 29.6 Å². The number of benzene rings is 1. The maximum absolute atomic E-state index is 13.9. The number of anilines is 2. The van der Waals surface area contributed by atoms with Gasteiger partial charge in [-0.15, -0.1) is 4.36 Å². The minimum atomic E-state index is -3.28. The number of carbonyl (C=O) groups excluding carboxylic acids is 2. The number of primary amides is 1. The van der Waals surface area contributed by atoms with Gasteiger partial charge in [0.05, 0.1) is 20.9 Å². The number of pyridine rings is 1. The molecule has 3 rings (SSSR count). The third kappa shape index (κ3) is 6.10. The van der Waals surface area contributed by atoms with Crippen molar-refractivity contribution in [1.29, 1.82) is 0 Å². The normalized spacial score (nSPS) is 17.1. The highest BCUT2D eigenvalue weighted by atomic mass is 32.2. The van der Waals surface area contributed by atoms with Crippen molar-refractivity contribution in [3.63, 3.8) is 0 Å². The van der Waals surface area contributed by atoms with Crippen molar-refractivity contribution >= 4 is 39.1 Å². The van der Waals surface area contributed by atoms with E-state index in [2.05, 4.69) is 14.7 Å². The quantitative estimate of drug-likeness (QED) is 0.557. The summed E-state index contributed by atoms with van der Waals surface area (Å²) in [4.78, 5) is 42.0. The van der Waals surface area contributed by atoms with Crippen LogP contribution in [0.2, 0.25) is 0 Å². The summed E-state index contributed by atoms with van der Waals surface area (Å²) in [5, 5.41) is 11.5. The topological polar surface area (TPSA) is 155 Å². The number of rotatable bonds is 5. The number of carbonyl (C=O) groups is 3. The molecular weight excluding hydrogens is 484 g/mol. The first-order valence-corrected chi connectivity index (χ1v) is 12.5. The first kappa shape index (κ1) is 26.0. The van der Waals surface area contributed by atoms with Gasteiger partial charge in [-0.1, -0.05) is 6.07 Å². The van der Waals surface area contributed by atoms with Gasteiger partial charge in [0.1, 0.15) is 5.82 Å². The van der Waals surface area contributed by atoms with E-state index in [-0.39, 0.29) is 59.0 Å². The Labute approximate surface area is 200 Å². The van der Waals surface area contributed by atoms with Gasteiger partial charge in [0.15, 0.2) is 0 Å². The van der Waals surface area contributed by atoms with Crippen LogP contribution in [0.3, 0.4) is 0 Å². The molecule has 1 aromatic heterocycles. The lowest BCUT2D eigenvalue weighted by atomic mass is 10.0. The molecule has 3 amide bonds. The van der Waals surface area contributed by atoms with Gasteiger partial charge in [0, 0.05) is 49.0 Å². The molecule has 2 heterocycles. The molecule has 1 aliphatic heterocycles. The maximum Gasteiger partial charge on any atom is 0.439 e. The molecule has 13 heteroatoms. The van der Waals surface area contributed by atoms with Gasteiger partial charge in [0.2, 0.25) is 5.92 Å². The summed E-state index contributed by atoms with van der Waals surface area (Å²) in [5.41, 5.74) is 5.82. The summed E-state index contributed by atoms with van der Waals surface area (Å²) in [7, 11) is -3.28. The zero-order valence-corrected chi connectivity index (χ0v) is 19.9. The molecule has 0 bridgehead atoms. The van der Waals surface area contributed by atoms with Crippen LogP contribution in [0.5, 0.6) is 0 Å². The van der Waals surface area contributed by atoms with Crippen LogP contribution in [-0.2, 0) is 9.73 Å². The Morgan fingerprint density at radius 3 is 2.63 bits per heavy atom. The molecule has 35 heavy (non-hydrogen) atoms. The highest BCUT2D eigenvalue weighted by Gasteiger charge is 2.33. The van der Waals surface area contributed by atoms with Crippen molar-refractivity contribution < 1.29 is 32.5 Å². The number of nitrogens with two attached hydrogens (primary N) is 1. The molecule has 1 aliphatic rings. The monoisotopic (exact) mass is 509 g/mol. The number of hydrogen-bond acceptors (Lipinski definition) is 6. The van der Waals surface area contributed by atoms with Crippen LogP contribution in [-0.4, -0.2) is 57.5 Å². The molecule has 1 aromatic carbocycles. The van der Waals surface area contributed by atoms with E-state index >= 15 is 0 Å². The third-order valence-electron chi connectivity index (χ3n) is 5.61. The zero-order valence-electron chi connectivity index (χ0n) is 19.1. The van der Waals surface area contributed by atoms with Crippen LogP contribution in [0.4, 0.5) is 25.1 Å². The lowest BCUT2D eigenvalue weighted by Crippen LogP contribution is -2.30. The second-order valence-electron chi connectivity index (χ2n) is 8.21. The van der Waals surface area contributed by atoms with Gasteiger partial charge in [-0.3, -0.25) is 9.59 Å². The maximum atomic E-state index is 13.9. The molecule has 1 fully saturated rings. The van der Waals surface area contributed by atoms with Crippen LogP contribution in [0, 0.1) is 6.92 Å². The van der Waals surface area contributed by atoms with Crippen molar-refractivity contribution in [3.05, 3.63) is 47.2 Å². The number of carboxylic acid groups (broad SMARTS) is 1. The molecule has 1 atom stereocenters. The second kappa shape index (κ2) is 9.94. The van der Waals surface area contributed by atoms with Gasteiger partial charge in [-0.05, 0) is 37.1 Å². The molecular formula is C22H25F2N5O5S. The van der Waals surface area contributed by atoms with Crippen molar-refractivity contribution in [2.45, 2.75) is 37.0 Å². The van der Waals surface area contributed by atoms with Gasteiger partial charge < -0.3 is 21.1 Å². The molecule has 1 unspecified atom stereocenters. The van der Waals surface area contributed by atoms with Gasteiger partial charge in [-0.25, -0.2) is 22.8 Å². The summed E-state index contributed by atoms with van der Waals surface area (Å²) in [5.74, 6) is -4.19. The third-order valence-corrected chi connectivity index (χ3v) is 7.24. The summed E-state index contributed by atoms with van der Waals surface area (Å²) >= 11 is 0. The van der Waals surface area contributed by atoms with E-state index in [1.807, 2.05) is 0 Å². The zero-order chi connectivity index (χ0) is 26.0. The Morgan fingerprint density at radius 1 is 1.26 bits per heavy atom. The summed E-state index contributed by atoms with van der Waals surface area (Å²) in [6, 6.07) is 5.69. The molecule has 0 radical (unpaired) electrons. The Balaban J connectivity index is 2.02. The number of hydrogen-bond donors (Lipinski definition) is 3. The fourth-order valence-corrected chi connectivity index (χ4v) is 4.91. The number of amides is 3. The molecule has 0 aliphatic carbocycles. The van der Waals surface area contributed by atoms with E-state index < -0.39 is 40.0 Å². The molecule has 10 nitrogen and oxygen atoms in total. The Morgan fingerprint density at radius 2 is 1.97 bits per heavy atom. The van der Waals surface area contributed by atoms with E-state index in [1.54, 1.807) is 4.90 Å². The Hall–Kier alpha value is -3.61. The first-order chi connectivity index (χ1) is 16.3. The highest BCUT2D eigenvalue weighted by Crippen LogP contribution is 2.32. The summed E-state index contributed by atoms with van der Waals surface area (Å²) in [6.07, 6.45) is 0.267. The van der Waals surface area contributed by atoms with Crippen LogP contribution in [0.1, 0.15) is 45.5 Å². The van der Waals surface area contributed by atoms with E-state index in [0.717, 1.165) is 6.26 Å². The number of nitrogens with zero attached hydrogens (tertiary/aromatic N) is 3. The number of alkyl halides is 2. The predicted octanol–water partition coefficient (Wildman–Crippen LogP) is 3.50. The minimum Gasteiger partial charge on any atom is -0.463 e. The first-order valence-electron chi connectivity index (χ1n) is 10.6. The van der Waals surface area contributed by atoms with E-state index in [1.165, 1.54) is 37.4 Å². The fourth-order valence-electron chi connectivity index (χ4n) is 3.83. The average Bonchev–Trinajstić information content (AvgIpc) is 2.92.